The molecule has 1 amide bonds. The van der Waals surface area contributed by atoms with Gasteiger partial charge in [-0.2, -0.15) is 0 Å². The highest BCUT2D eigenvalue weighted by molar-refractivity contribution is 7.90. The van der Waals surface area contributed by atoms with E-state index in [2.05, 4.69) is 15.3 Å². The lowest BCUT2D eigenvalue weighted by molar-refractivity contribution is -0.0360. The molecule has 0 radical (unpaired) electrons. The Balaban J connectivity index is 1.46. The molecule has 2 N–H and O–H groups in total. The molecule has 4 rings (SSSR count). The summed E-state index contributed by atoms with van der Waals surface area (Å²) in [6.45, 7) is 0.861. The summed E-state index contributed by atoms with van der Waals surface area (Å²) in [5.74, 6) is -2.87. The second-order valence-corrected chi connectivity index (χ2v) is 10.00. The van der Waals surface area contributed by atoms with Gasteiger partial charge in [0.15, 0.2) is 0 Å². The Morgan fingerprint density at radius 1 is 1.30 bits per heavy atom. The van der Waals surface area contributed by atoms with Crippen molar-refractivity contribution >= 4 is 21.4 Å². The number of nitrogens with zero attached hydrogens (tertiary/aromatic N) is 2. The number of hydrogen-bond acceptors (Lipinski definition) is 5. The summed E-state index contributed by atoms with van der Waals surface area (Å²) in [6.07, 6.45) is 3.57. The number of sulfone groups is 1. The van der Waals surface area contributed by atoms with Crippen molar-refractivity contribution in [1.82, 2.24) is 14.9 Å². The van der Waals surface area contributed by atoms with Crippen molar-refractivity contribution in [2.45, 2.75) is 55.8 Å². The minimum atomic E-state index is -3.51. The van der Waals surface area contributed by atoms with Gasteiger partial charge in [0.05, 0.1) is 6.20 Å². The van der Waals surface area contributed by atoms with Crippen molar-refractivity contribution in [3.8, 4) is 0 Å². The van der Waals surface area contributed by atoms with Gasteiger partial charge in [-0.1, -0.05) is 12.1 Å². The molecule has 0 atom stereocenters. The lowest BCUT2D eigenvalue weighted by atomic mass is 9.91. The molecule has 0 bridgehead atoms. The normalized spacial score (nSPS) is 19.4. The predicted molar refractivity (Wildman–Crippen MR) is 107 cm³/mol. The van der Waals surface area contributed by atoms with Gasteiger partial charge < -0.3 is 15.2 Å². The van der Waals surface area contributed by atoms with Gasteiger partial charge in [0.2, 0.25) is 20.9 Å². The summed E-state index contributed by atoms with van der Waals surface area (Å²) in [5, 5.41) is 3.19. The average molecular weight is 439 g/mol. The van der Waals surface area contributed by atoms with Gasteiger partial charge in [-0.25, -0.2) is 22.2 Å². The number of benzene rings is 1. The molecule has 2 aromatic rings. The number of halogens is 2. The van der Waals surface area contributed by atoms with Crippen LogP contribution in [0.25, 0.3) is 0 Å². The van der Waals surface area contributed by atoms with Crippen molar-refractivity contribution in [1.29, 1.82) is 0 Å². The van der Waals surface area contributed by atoms with Crippen molar-refractivity contribution < 1.29 is 22.0 Å². The predicted octanol–water partition coefficient (Wildman–Crippen LogP) is 3.00. The highest BCUT2D eigenvalue weighted by Gasteiger charge is 2.35. The standard InChI is InChI=1S/C20H24F2N4O3S/c1-30(28,29)19-23-11-17(25-19)18(27)26-10-7-15-13(12-26)3-2-4-16(15)24-14-5-8-20(21,22)9-6-14/h2-4,11,14,24H,5-10,12H2,1H3,(H,23,25). The third-order valence-electron chi connectivity index (χ3n) is 5.76. The van der Waals surface area contributed by atoms with Crippen LogP contribution in [0.1, 0.15) is 47.3 Å². The highest BCUT2D eigenvalue weighted by Crippen LogP contribution is 2.35. The molecule has 0 saturated heterocycles. The fourth-order valence-electron chi connectivity index (χ4n) is 4.09. The van der Waals surface area contributed by atoms with Crippen molar-refractivity contribution in [3.63, 3.8) is 0 Å². The van der Waals surface area contributed by atoms with Crippen LogP contribution in [0.2, 0.25) is 0 Å². The Hall–Kier alpha value is -2.49. The Kier molecular flexibility index (Phi) is 5.29. The smallest absolute Gasteiger partial charge is 0.272 e. The van der Waals surface area contributed by atoms with Crippen molar-refractivity contribution in [3.05, 3.63) is 41.2 Å². The van der Waals surface area contributed by atoms with Crippen molar-refractivity contribution in [2.24, 2.45) is 0 Å². The summed E-state index contributed by atoms with van der Waals surface area (Å²) in [7, 11) is -3.51. The number of nitrogens with one attached hydrogen (secondary N) is 2. The molecule has 162 valence electrons. The minimum Gasteiger partial charge on any atom is -0.382 e. The van der Waals surface area contributed by atoms with Gasteiger partial charge in [0.1, 0.15) is 5.69 Å². The van der Waals surface area contributed by atoms with E-state index in [1.54, 1.807) is 4.90 Å². The number of carbonyl (C=O) groups is 1. The number of rotatable bonds is 4. The van der Waals surface area contributed by atoms with E-state index in [0.29, 0.717) is 32.4 Å². The quantitative estimate of drug-likeness (QED) is 0.765. The molecule has 7 nitrogen and oxygen atoms in total. The first-order valence-corrected chi connectivity index (χ1v) is 11.8. The number of amides is 1. The number of alkyl halides is 2. The van der Waals surface area contributed by atoms with E-state index in [0.717, 1.165) is 23.1 Å². The lowest BCUT2D eigenvalue weighted by Gasteiger charge is -2.33. The van der Waals surface area contributed by atoms with E-state index in [9.17, 15) is 22.0 Å². The number of fused-ring (bicyclic) bond motifs is 1. The SMILES string of the molecule is CS(=O)(=O)c1ncc(C(=O)N2CCc3c(cccc3NC3CCC(F)(F)CC3)C2)[nH]1. The molecule has 2 aliphatic rings. The van der Waals surface area contributed by atoms with Crippen molar-refractivity contribution in [2.75, 3.05) is 18.1 Å². The Morgan fingerprint density at radius 2 is 2.03 bits per heavy atom. The van der Waals surface area contributed by atoms with E-state index in [4.69, 9.17) is 0 Å². The maximum absolute atomic E-state index is 13.4. The molecule has 0 spiro atoms. The highest BCUT2D eigenvalue weighted by atomic mass is 32.2. The zero-order valence-electron chi connectivity index (χ0n) is 16.6. The van der Waals surface area contributed by atoms with Crippen LogP contribution in [0.15, 0.2) is 29.6 Å². The molecule has 10 heteroatoms. The van der Waals surface area contributed by atoms with Crippen LogP contribution in [-0.4, -0.2) is 54.0 Å². The molecule has 1 aliphatic heterocycles. The average Bonchev–Trinajstić information content (AvgIpc) is 3.19. The molecule has 30 heavy (non-hydrogen) atoms. The second kappa shape index (κ2) is 7.64. The minimum absolute atomic E-state index is 0.0233. The summed E-state index contributed by atoms with van der Waals surface area (Å²) < 4.78 is 50.0. The number of anilines is 1. The molecule has 2 heterocycles. The molecular weight excluding hydrogens is 414 g/mol. The van der Waals surface area contributed by atoms with Gasteiger partial charge in [0.25, 0.3) is 5.91 Å². The second-order valence-electron chi connectivity index (χ2n) is 8.07. The van der Waals surface area contributed by atoms with Gasteiger partial charge >= 0.3 is 0 Å². The topological polar surface area (TPSA) is 95.2 Å². The maximum atomic E-state index is 13.4. The zero-order valence-corrected chi connectivity index (χ0v) is 17.4. The molecule has 1 aromatic heterocycles. The number of aromatic nitrogens is 2. The number of aromatic amines is 1. The van der Waals surface area contributed by atoms with E-state index < -0.39 is 15.8 Å². The third-order valence-corrected chi connectivity index (χ3v) is 6.67. The van der Waals surface area contributed by atoms with E-state index in [1.807, 2.05) is 18.2 Å². The molecule has 1 aliphatic carbocycles. The fourth-order valence-corrected chi connectivity index (χ4v) is 4.63. The van der Waals surface area contributed by atoms with Gasteiger partial charge in [-0.05, 0) is 36.5 Å². The van der Waals surface area contributed by atoms with Gasteiger partial charge in [-0.15, -0.1) is 0 Å². The van der Waals surface area contributed by atoms with E-state index >= 15 is 0 Å². The molecular formula is C20H24F2N4O3S. The zero-order chi connectivity index (χ0) is 21.5. The van der Waals surface area contributed by atoms with Crippen LogP contribution >= 0.6 is 0 Å². The monoisotopic (exact) mass is 438 g/mol. The number of carbonyl (C=O) groups excluding carboxylic acids is 1. The molecule has 1 saturated carbocycles. The first-order chi connectivity index (χ1) is 14.1. The summed E-state index contributed by atoms with van der Waals surface area (Å²) in [4.78, 5) is 20.8. The number of hydrogen-bond donors (Lipinski definition) is 2. The van der Waals surface area contributed by atoms with E-state index in [1.165, 1.54) is 6.20 Å². The van der Waals surface area contributed by atoms with Crippen LogP contribution in [-0.2, 0) is 22.8 Å². The first-order valence-electron chi connectivity index (χ1n) is 9.92. The van der Waals surface area contributed by atoms with Crippen LogP contribution in [0, 0.1) is 0 Å². The Labute approximate surface area is 173 Å². The first kappa shape index (κ1) is 20.8. The van der Waals surface area contributed by atoms with E-state index in [-0.39, 0.29) is 35.6 Å². The Bertz CT molecular complexity index is 1060. The maximum Gasteiger partial charge on any atom is 0.272 e. The largest absolute Gasteiger partial charge is 0.382 e. The van der Waals surface area contributed by atoms with Gasteiger partial charge in [0, 0.05) is 43.9 Å². The molecule has 1 fully saturated rings. The Morgan fingerprint density at radius 3 is 2.70 bits per heavy atom. The summed E-state index contributed by atoms with van der Waals surface area (Å²) in [5.41, 5.74) is 3.16. The number of imidazole rings is 1. The summed E-state index contributed by atoms with van der Waals surface area (Å²) in [6, 6.07) is 5.82. The van der Waals surface area contributed by atoms with Crippen LogP contribution in [0.4, 0.5) is 14.5 Å². The molecule has 1 aromatic carbocycles. The van der Waals surface area contributed by atoms with Crippen LogP contribution < -0.4 is 5.32 Å². The summed E-state index contributed by atoms with van der Waals surface area (Å²) >= 11 is 0. The van der Waals surface area contributed by atoms with Crippen LogP contribution in [0.3, 0.4) is 0 Å². The van der Waals surface area contributed by atoms with Crippen LogP contribution in [0.5, 0.6) is 0 Å². The fraction of sp³-hybridized carbons (Fsp3) is 0.500. The van der Waals surface area contributed by atoms with Gasteiger partial charge in [-0.3, -0.25) is 4.79 Å². The lowest BCUT2D eigenvalue weighted by Crippen LogP contribution is -2.37. The molecule has 0 unspecified atom stereocenters. The third kappa shape index (κ3) is 4.33. The number of H-pyrrole nitrogens is 1.